The van der Waals surface area contributed by atoms with Crippen LogP contribution in [-0.2, 0) is 0 Å². The smallest absolute Gasteiger partial charge is 0.273 e. The second kappa shape index (κ2) is 7.30. The number of carbonyl (C=O) groups excluding carboxylic acids is 1. The first kappa shape index (κ1) is 16.3. The van der Waals surface area contributed by atoms with Crippen molar-refractivity contribution in [1.29, 1.82) is 0 Å². The largest absolute Gasteiger partial charge is 0.496 e. The molecule has 1 aromatic heterocycles. The number of ether oxygens (including phenoxy) is 1. The third kappa shape index (κ3) is 4.00. The van der Waals surface area contributed by atoms with E-state index in [-0.39, 0.29) is 11.9 Å². The van der Waals surface area contributed by atoms with Gasteiger partial charge in [0, 0.05) is 6.04 Å². The zero-order valence-corrected chi connectivity index (χ0v) is 13.3. The molecular weight excluding hydrogens is 296 g/mol. The Morgan fingerprint density at radius 1 is 1.22 bits per heavy atom. The number of nitrogens with zero attached hydrogens (tertiary/aromatic N) is 2. The van der Waals surface area contributed by atoms with Gasteiger partial charge >= 0.3 is 0 Å². The van der Waals surface area contributed by atoms with Crippen LogP contribution in [0.5, 0.6) is 5.75 Å². The van der Waals surface area contributed by atoms with Crippen LogP contribution >= 0.6 is 0 Å². The fraction of sp³-hybridized carbons (Fsp3) is 0.267. The van der Waals surface area contributed by atoms with Crippen molar-refractivity contribution in [3.63, 3.8) is 0 Å². The third-order valence-corrected chi connectivity index (χ3v) is 2.96. The number of carbonyl (C=O) groups is 1. The van der Waals surface area contributed by atoms with Gasteiger partial charge in [0.05, 0.1) is 12.7 Å². The Morgan fingerprint density at radius 3 is 2.61 bits per heavy atom. The van der Waals surface area contributed by atoms with Gasteiger partial charge in [0.15, 0.2) is 11.6 Å². The number of amides is 1. The minimum atomic E-state index is -0.362. The van der Waals surface area contributed by atoms with Crippen LogP contribution in [0.15, 0.2) is 30.6 Å². The Kier molecular flexibility index (Phi) is 5.19. The topological polar surface area (TPSA) is 114 Å². The SMILES string of the molecule is COc1ccccc1C(=O)NNc1ncnc(NC(C)C)c1N. The van der Waals surface area contributed by atoms with E-state index in [2.05, 4.69) is 26.1 Å². The summed E-state index contributed by atoms with van der Waals surface area (Å²) in [5.74, 6) is 0.930. The summed E-state index contributed by atoms with van der Waals surface area (Å²) in [6, 6.07) is 7.07. The fourth-order valence-electron chi connectivity index (χ4n) is 1.90. The lowest BCUT2D eigenvalue weighted by Crippen LogP contribution is -2.30. The summed E-state index contributed by atoms with van der Waals surface area (Å²) in [6.07, 6.45) is 1.36. The van der Waals surface area contributed by atoms with E-state index in [1.54, 1.807) is 24.3 Å². The van der Waals surface area contributed by atoms with Gasteiger partial charge in [0.2, 0.25) is 0 Å². The normalized spacial score (nSPS) is 10.3. The van der Waals surface area contributed by atoms with E-state index < -0.39 is 0 Å². The number of aromatic nitrogens is 2. The number of nitrogens with one attached hydrogen (secondary N) is 3. The quantitative estimate of drug-likeness (QED) is 0.599. The first-order chi connectivity index (χ1) is 11.0. The molecule has 5 N–H and O–H groups in total. The summed E-state index contributed by atoms with van der Waals surface area (Å²) in [5.41, 5.74) is 12.0. The molecule has 0 unspecified atom stereocenters. The first-order valence-corrected chi connectivity index (χ1v) is 7.09. The second-order valence-corrected chi connectivity index (χ2v) is 5.06. The van der Waals surface area contributed by atoms with Gasteiger partial charge in [-0.05, 0) is 26.0 Å². The molecule has 8 heteroatoms. The molecule has 0 saturated carbocycles. The van der Waals surface area contributed by atoms with Gasteiger partial charge in [-0.1, -0.05) is 12.1 Å². The van der Waals surface area contributed by atoms with Crippen LogP contribution in [0.3, 0.4) is 0 Å². The minimum Gasteiger partial charge on any atom is -0.496 e. The number of nitrogen functional groups attached to an aromatic ring is 1. The van der Waals surface area contributed by atoms with E-state index in [0.29, 0.717) is 28.6 Å². The molecule has 0 aliphatic heterocycles. The van der Waals surface area contributed by atoms with Crippen LogP contribution < -0.4 is 26.6 Å². The van der Waals surface area contributed by atoms with E-state index in [0.717, 1.165) is 0 Å². The van der Waals surface area contributed by atoms with Crippen molar-refractivity contribution in [2.24, 2.45) is 0 Å². The summed E-state index contributed by atoms with van der Waals surface area (Å²) in [5, 5.41) is 3.10. The van der Waals surface area contributed by atoms with Crippen LogP contribution in [-0.4, -0.2) is 29.0 Å². The highest BCUT2D eigenvalue weighted by atomic mass is 16.5. The summed E-state index contributed by atoms with van der Waals surface area (Å²) < 4.78 is 5.16. The molecular formula is C15H20N6O2. The standard InChI is InChI=1S/C15H20N6O2/c1-9(2)19-13-12(16)14(18-8-17-13)20-21-15(22)10-6-4-5-7-11(10)23-3/h4-9H,16H2,1-3H3,(H,21,22)(H2,17,18,19,20). The number of methoxy groups -OCH3 is 1. The van der Waals surface area contributed by atoms with Crippen molar-refractivity contribution in [2.45, 2.75) is 19.9 Å². The highest BCUT2D eigenvalue weighted by Crippen LogP contribution is 2.22. The van der Waals surface area contributed by atoms with Gasteiger partial charge in [-0.15, -0.1) is 0 Å². The van der Waals surface area contributed by atoms with E-state index in [1.165, 1.54) is 13.4 Å². The monoisotopic (exact) mass is 316 g/mol. The Labute approximate surface area is 134 Å². The number of benzene rings is 1. The Balaban J connectivity index is 2.10. The van der Waals surface area contributed by atoms with Crippen LogP contribution in [0.4, 0.5) is 17.3 Å². The maximum absolute atomic E-state index is 12.2. The number of hydrazine groups is 1. The zero-order valence-electron chi connectivity index (χ0n) is 13.3. The Bertz CT molecular complexity index is 689. The van der Waals surface area contributed by atoms with Crippen LogP contribution in [0.1, 0.15) is 24.2 Å². The first-order valence-electron chi connectivity index (χ1n) is 7.09. The molecule has 2 rings (SSSR count). The number of anilines is 3. The van der Waals surface area contributed by atoms with Gasteiger partial charge in [-0.3, -0.25) is 15.6 Å². The molecule has 0 spiro atoms. The maximum atomic E-state index is 12.2. The number of hydrogen-bond acceptors (Lipinski definition) is 7. The van der Waals surface area contributed by atoms with Crippen LogP contribution in [0, 0.1) is 0 Å². The molecule has 122 valence electrons. The van der Waals surface area contributed by atoms with Crippen molar-refractivity contribution >= 4 is 23.2 Å². The molecule has 1 heterocycles. The van der Waals surface area contributed by atoms with E-state index in [1.807, 2.05) is 13.8 Å². The van der Waals surface area contributed by atoms with Crippen LogP contribution in [0.25, 0.3) is 0 Å². The van der Waals surface area contributed by atoms with Crippen LogP contribution in [0.2, 0.25) is 0 Å². The number of para-hydroxylation sites is 1. The molecule has 0 fully saturated rings. The Hall–Kier alpha value is -3.03. The third-order valence-electron chi connectivity index (χ3n) is 2.96. The van der Waals surface area contributed by atoms with Crippen molar-refractivity contribution in [3.05, 3.63) is 36.2 Å². The van der Waals surface area contributed by atoms with E-state index >= 15 is 0 Å². The summed E-state index contributed by atoms with van der Waals surface area (Å²) >= 11 is 0. The van der Waals surface area contributed by atoms with E-state index in [9.17, 15) is 4.79 Å². The predicted molar refractivity (Wildman–Crippen MR) is 89.3 cm³/mol. The lowest BCUT2D eigenvalue weighted by Gasteiger charge is -2.15. The lowest BCUT2D eigenvalue weighted by atomic mass is 10.2. The molecule has 0 atom stereocenters. The average molecular weight is 316 g/mol. The van der Waals surface area contributed by atoms with Crippen molar-refractivity contribution in [2.75, 3.05) is 23.6 Å². The highest BCUT2D eigenvalue weighted by molar-refractivity contribution is 5.97. The van der Waals surface area contributed by atoms with Gasteiger partial charge in [-0.25, -0.2) is 9.97 Å². The van der Waals surface area contributed by atoms with E-state index in [4.69, 9.17) is 10.5 Å². The lowest BCUT2D eigenvalue weighted by molar-refractivity contribution is 0.0959. The summed E-state index contributed by atoms with van der Waals surface area (Å²) in [4.78, 5) is 20.3. The average Bonchev–Trinajstić information content (AvgIpc) is 2.55. The predicted octanol–water partition coefficient (Wildman–Crippen LogP) is 1.64. The van der Waals surface area contributed by atoms with Gasteiger partial charge in [-0.2, -0.15) is 0 Å². The molecule has 1 aromatic carbocycles. The number of rotatable bonds is 6. The number of hydrogen-bond donors (Lipinski definition) is 4. The minimum absolute atomic E-state index is 0.170. The molecule has 23 heavy (non-hydrogen) atoms. The van der Waals surface area contributed by atoms with Crippen molar-refractivity contribution in [1.82, 2.24) is 15.4 Å². The maximum Gasteiger partial charge on any atom is 0.273 e. The molecule has 0 saturated heterocycles. The molecule has 1 amide bonds. The van der Waals surface area contributed by atoms with Crippen molar-refractivity contribution < 1.29 is 9.53 Å². The molecule has 0 radical (unpaired) electrons. The van der Waals surface area contributed by atoms with Crippen molar-refractivity contribution in [3.8, 4) is 5.75 Å². The molecule has 0 aliphatic carbocycles. The van der Waals surface area contributed by atoms with Gasteiger partial charge in [0.25, 0.3) is 5.91 Å². The number of nitrogens with two attached hydrogens (primary N) is 1. The zero-order chi connectivity index (χ0) is 16.8. The molecule has 8 nitrogen and oxygen atoms in total. The Morgan fingerprint density at radius 2 is 1.91 bits per heavy atom. The molecule has 0 bridgehead atoms. The second-order valence-electron chi connectivity index (χ2n) is 5.06. The van der Waals surface area contributed by atoms with Gasteiger partial charge in [0.1, 0.15) is 17.8 Å². The van der Waals surface area contributed by atoms with Gasteiger partial charge < -0.3 is 15.8 Å². The highest BCUT2D eigenvalue weighted by Gasteiger charge is 2.13. The summed E-state index contributed by atoms with van der Waals surface area (Å²) in [7, 11) is 1.51. The summed E-state index contributed by atoms with van der Waals surface area (Å²) in [6.45, 7) is 3.94. The molecule has 2 aromatic rings. The fourth-order valence-corrected chi connectivity index (χ4v) is 1.90. The molecule has 0 aliphatic rings.